The normalized spacial score (nSPS) is 22.9. The largest absolute Gasteiger partial charge is 0.388 e. The SMILES string of the molecule is O=C(NCc1cc(F)ccc1F)C1=NCc2ncnc(N[C@@H]3CC[C@@H](F)[C@H]3O)c21. The molecule has 1 aromatic carbocycles. The van der Waals surface area contributed by atoms with Crippen molar-refractivity contribution in [3.8, 4) is 0 Å². The van der Waals surface area contributed by atoms with E-state index in [-0.39, 0.29) is 36.6 Å². The Labute approximate surface area is 164 Å². The van der Waals surface area contributed by atoms with Crippen LogP contribution in [0.15, 0.2) is 29.5 Å². The minimum Gasteiger partial charge on any atom is -0.388 e. The molecule has 1 aliphatic carbocycles. The first-order valence-corrected chi connectivity index (χ1v) is 9.13. The Balaban J connectivity index is 1.51. The predicted molar refractivity (Wildman–Crippen MR) is 98.0 cm³/mol. The summed E-state index contributed by atoms with van der Waals surface area (Å²) >= 11 is 0. The highest BCUT2D eigenvalue weighted by Gasteiger charge is 2.36. The van der Waals surface area contributed by atoms with E-state index in [0.717, 1.165) is 18.2 Å². The molecule has 0 unspecified atom stereocenters. The zero-order valence-corrected chi connectivity index (χ0v) is 15.2. The number of anilines is 1. The summed E-state index contributed by atoms with van der Waals surface area (Å²) in [4.78, 5) is 25.1. The Hall–Kier alpha value is -3.01. The van der Waals surface area contributed by atoms with E-state index in [2.05, 4.69) is 25.6 Å². The molecule has 1 aromatic heterocycles. The number of carbonyl (C=O) groups excluding carboxylic acids is 1. The number of aliphatic hydroxyl groups excluding tert-OH is 1. The van der Waals surface area contributed by atoms with Crippen LogP contribution >= 0.6 is 0 Å². The number of hydrogen-bond acceptors (Lipinski definition) is 6. The maximum Gasteiger partial charge on any atom is 0.270 e. The van der Waals surface area contributed by atoms with E-state index in [1.807, 2.05) is 0 Å². The standard InChI is InChI=1S/C19H18F3N5O2/c20-10-1-2-11(21)9(5-10)6-24-19(29)16-15-14(7-23-16)25-8-26-18(15)27-13-4-3-12(22)17(13)28/h1-2,5,8,12-13,17,28H,3-4,6-7H2,(H,24,29)(H,25,26,27)/t12-,13-,17-/m1/s1. The van der Waals surface area contributed by atoms with Crippen molar-refractivity contribution in [3.05, 3.63) is 53.0 Å². The number of nitrogens with one attached hydrogen (secondary N) is 2. The minimum absolute atomic E-state index is 0.00268. The van der Waals surface area contributed by atoms with Gasteiger partial charge < -0.3 is 15.7 Å². The number of aromatic nitrogens is 2. The van der Waals surface area contributed by atoms with Crippen molar-refractivity contribution >= 4 is 17.4 Å². The van der Waals surface area contributed by atoms with Gasteiger partial charge in [0.1, 0.15) is 41.8 Å². The predicted octanol–water partition coefficient (Wildman–Crippen LogP) is 1.65. The molecule has 10 heteroatoms. The van der Waals surface area contributed by atoms with Crippen molar-refractivity contribution in [2.45, 2.75) is 44.2 Å². The summed E-state index contributed by atoms with van der Waals surface area (Å²) in [5.41, 5.74) is 0.917. The number of nitrogens with zero attached hydrogens (tertiary/aromatic N) is 3. The van der Waals surface area contributed by atoms with Gasteiger partial charge in [-0.3, -0.25) is 9.79 Å². The van der Waals surface area contributed by atoms with Gasteiger partial charge in [-0.15, -0.1) is 0 Å². The molecule has 0 spiro atoms. The first kappa shape index (κ1) is 19.3. The van der Waals surface area contributed by atoms with Crippen LogP contribution in [-0.2, 0) is 17.9 Å². The Kier molecular flexibility index (Phi) is 5.18. The summed E-state index contributed by atoms with van der Waals surface area (Å²) < 4.78 is 40.7. The number of alkyl halides is 1. The molecule has 0 radical (unpaired) electrons. The number of fused-ring (bicyclic) bond motifs is 1. The fourth-order valence-corrected chi connectivity index (χ4v) is 3.52. The van der Waals surface area contributed by atoms with Crippen LogP contribution in [0.3, 0.4) is 0 Å². The quantitative estimate of drug-likeness (QED) is 0.703. The van der Waals surface area contributed by atoms with Gasteiger partial charge in [-0.25, -0.2) is 23.1 Å². The van der Waals surface area contributed by atoms with E-state index in [1.54, 1.807) is 0 Å². The van der Waals surface area contributed by atoms with Gasteiger partial charge in [-0.05, 0) is 31.0 Å². The average Bonchev–Trinajstić information content (AvgIpc) is 3.28. The van der Waals surface area contributed by atoms with Gasteiger partial charge in [0.25, 0.3) is 5.91 Å². The molecule has 1 aliphatic heterocycles. The monoisotopic (exact) mass is 405 g/mol. The van der Waals surface area contributed by atoms with Gasteiger partial charge >= 0.3 is 0 Å². The topological polar surface area (TPSA) is 99.5 Å². The van der Waals surface area contributed by atoms with Crippen molar-refractivity contribution in [2.75, 3.05) is 5.32 Å². The van der Waals surface area contributed by atoms with Crippen LogP contribution in [0.2, 0.25) is 0 Å². The second kappa shape index (κ2) is 7.78. The van der Waals surface area contributed by atoms with Crippen LogP contribution in [0.4, 0.5) is 19.0 Å². The fraction of sp³-hybridized carbons (Fsp3) is 0.368. The van der Waals surface area contributed by atoms with Crippen LogP contribution in [0.5, 0.6) is 0 Å². The lowest BCUT2D eigenvalue weighted by atomic mass is 10.1. The van der Waals surface area contributed by atoms with Crippen LogP contribution in [0.1, 0.15) is 29.7 Å². The molecule has 4 rings (SSSR count). The van der Waals surface area contributed by atoms with Gasteiger partial charge in [0.2, 0.25) is 0 Å². The number of amides is 1. The zero-order chi connectivity index (χ0) is 20.5. The van der Waals surface area contributed by atoms with Gasteiger partial charge in [0, 0.05) is 12.1 Å². The Bertz CT molecular complexity index is 984. The molecule has 1 saturated carbocycles. The fourth-order valence-electron chi connectivity index (χ4n) is 3.52. The molecule has 3 N–H and O–H groups in total. The van der Waals surface area contributed by atoms with E-state index in [0.29, 0.717) is 17.7 Å². The molecule has 2 heterocycles. The van der Waals surface area contributed by atoms with E-state index < -0.39 is 35.9 Å². The number of carbonyl (C=O) groups is 1. The number of hydrogen-bond donors (Lipinski definition) is 3. The molecule has 3 atom stereocenters. The lowest BCUT2D eigenvalue weighted by Gasteiger charge is -2.19. The number of benzene rings is 1. The molecule has 152 valence electrons. The highest BCUT2D eigenvalue weighted by molar-refractivity contribution is 6.47. The summed E-state index contributed by atoms with van der Waals surface area (Å²) in [5.74, 6) is -1.57. The minimum atomic E-state index is -1.32. The number of rotatable bonds is 5. The molecule has 0 bridgehead atoms. The summed E-state index contributed by atoms with van der Waals surface area (Å²) in [7, 11) is 0. The van der Waals surface area contributed by atoms with Crippen molar-refractivity contribution in [1.29, 1.82) is 0 Å². The molecule has 1 amide bonds. The van der Waals surface area contributed by atoms with E-state index in [4.69, 9.17) is 0 Å². The third-order valence-electron chi connectivity index (χ3n) is 5.07. The maximum atomic E-state index is 13.8. The van der Waals surface area contributed by atoms with Crippen LogP contribution in [0, 0.1) is 11.6 Å². The van der Waals surface area contributed by atoms with Gasteiger partial charge in [0.05, 0.1) is 23.8 Å². The van der Waals surface area contributed by atoms with E-state index in [9.17, 15) is 23.1 Å². The zero-order valence-electron chi connectivity index (χ0n) is 15.2. The Morgan fingerprint density at radius 2 is 2.07 bits per heavy atom. The van der Waals surface area contributed by atoms with E-state index >= 15 is 0 Å². The second-order valence-electron chi connectivity index (χ2n) is 6.96. The molecule has 7 nitrogen and oxygen atoms in total. The third-order valence-corrected chi connectivity index (χ3v) is 5.07. The van der Waals surface area contributed by atoms with Gasteiger partial charge in [0.15, 0.2) is 0 Å². The van der Waals surface area contributed by atoms with Crippen molar-refractivity contribution in [2.24, 2.45) is 4.99 Å². The van der Waals surface area contributed by atoms with Gasteiger partial charge in [-0.2, -0.15) is 0 Å². The lowest BCUT2D eigenvalue weighted by Crippen LogP contribution is -2.35. The summed E-state index contributed by atoms with van der Waals surface area (Å²) in [6.07, 6.45) is -0.550. The molecular weight excluding hydrogens is 387 g/mol. The average molecular weight is 405 g/mol. The van der Waals surface area contributed by atoms with Crippen molar-refractivity contribution in [3.63, 3.8) is 0 Å². The molecular formula is C19H18F3N5O2. The number of aliphatic hydroxyl groups is 1. The van der Waals surface area contributed by atoms with Crippen molar-refractivity contribution < 1.29 is 23.1 Å². The van der Waals surface area contributed by atoms with Crippen LogP contribution in [0.25, 0.3) is 0 Å². The smallest absolute Gasteiger partial charge is 0.270 e. The van der Waals surface area contributed by atoms with Crippen LogP contribution in [-0.4, -0.2) is 45.0 Å². The summed E-state index contributed by atoms with van der Waals surface area (Å²) in [6, 6.07) is 2.44. The molecule has 2 aliphatic rings. The van der Waals surface area contributed by atoms with Gasteiger partial charge in [-0.1, -0.05) is 0 Å². The third kappa shape index (κ3) is 3.80. The Morgan fingerprint density at radius 1 is 1.24 bits per heavy atom. The van der Waals surface area contributed by atoms with Crippen molar-refractivity contribution in [1.82, 2.24) is 15.3 Å². The number of aliphatic imine (C=N–C) groups is 1. The highest BCUT2D eigenvalue weighted by atomic mass is 19.1. The van der Waals surface area contributed by atoms with Crippen LogP contribution < -0.4 is 10.6 Å². The molecule has 1 fully saturated rings. The molecule has 2 aromatic rings. The summed E-state index contributed by atoms with van der Waals surface area (Å²) in [5, 5.41) is 15.4. The number of halogens is 3. The highest BCUT2D eigenvalue weighted by Crippen LogP contribution is 2.29. The lowest BCUT2D eigenvalue weighted by molar-refractivity contribution is -0.114. The second-order valence-corrected chi connectivity index (χ2v) is 6.96. The molecule has 29 heavy (non-hydrogen) atoms. The first-order valence-electron chi connectivity index (χ1n) is 9.13. The maximum absolute atomic E-state index is 13.8. The Morgan fingerprint density at radius 3 is 2.83 bits per heavy atom. The van der Waals surface area contributed by atoms with E-state index in [1.165, 1.54) is 6.33 Å². The first-order chi connectivity index (χ1) is 13.9. The summed E-state index contributed by atoms with van der Waals surface area (Å²) in [6.45, 7) is -0.0688. The molecule has 0 saturated heterocycles.